The minimum absolute atomic E-state index is 0.254. The molecule has 2 rings (SSSR count). The van der Waals surface area contributed by atoms with Crippen LogP contribution >= 0.6 is 0 Å². The molecule has 2 aliphatic heterocycles. The van der Waals surface area contributed by atoms with Crippen LogP contribution in [0.1, 0.15) is 226 Å². The molecule has 2 heterocycles. The van der Waals surface area contributed by atoms with Gasteiger partial charge in [-0.15, -0.1) is 0 Å². The summed E-state index contributed by atoms with van der Waals surface area (Å²) in [5.41, 5.74) is 0. The van der Waals surface area contributed by atoms with Crippen LogP contribution in [-0.2, 0) is 23.7 Å². The first-order valence-corrected chi connectivity index (χ1v) is 29.4. The number of hydrogen-bond acceptors (Lipinski definition) is 13. The number of unbranched alkanes of at least 4 members (excludes halogenated alkanes) is 27. The second-order valence-electron chi connectivity index (χ2n) is 20.8. The number of carbonyl (C=O) groups is 1. The van der Waals surface area contributed by atoms with Crippen molar-refractivity contribution in [3.05, 3.63) is 48.6 Å². The molecule has 0 aliphatic carbocycles. The first-order chi connectivity index (χ1) is 35.6. The molecule has 0 bridgehead atoms. The van der Waals surface area contributed by atoms with Gasteiger partial charge in [0.25, 0.3) is 0 Å². The van der Waals surface area contributed by atoms with E-state index in [1.54, 1.807) is 6.08 Å². The van der Waals surface area contributed by atoms with Gasteiger partial charge in [-0.3, -0.25) is 4.79 Å². The molecule has 12 unspecified atom stereocenters. The van der Waals surface area contributed by atoms with Crippen LogP contribution in [0.5, 0.6) is 0 Å². The molecule has 2 aliphatic rings. The van der Waals surface area contributed by atoms with Gasteiger partial charge in [0.1, 0.15) is 48.8 Å². The zero-order valence-electron chi connectivity index (χ0n) is 45.6. The first kappa shape index (κ1) is 67.1. The van der Waals surface area contributed by atoms with Crippen molar-refractivity contribution in [1.29, 1.82) is 0 Å². The molecule has 426 valence electrons. The number of amides is 1. The average Bonchev–Trinajstić information content (AvgIpc) is 3.39. The maximum Gasteiger partial charge on any atom is 0.220 e. The molecule has 0 aromatic rings. The number of aliphatic hydroxyl groups excluding tert-OH is 8. The molecule has 0 aromatic heterocycles. The zero-order chi connectivity index (χ0) is 53.2. The summed E-state index contributed by atoms with van der Waals surface area (Å²) in [7, 11) is 0. The Kier molecular flexibility index (Phi) is 41.4. The predicted octanol–water partition coefficient (Wildman–Crippen LogP) is 9.61. The quantitative estimate of drug-likeness (QED) is 0.0205. The predicted molar refractivity (Wildman–Crippen MR) is 291 cm³/mol. The molecule has 12 atom stereocenters. The van der Waals surface area contributed by atoms with Crippen molar-refractivity contribution in [2.75, 3.05) is 19.8 Å². The summed E-state index contributed by atoms with van der Waals surface area (Å²) < 4.78 is 22.7. The lowest BCUT2D eigenvalue weighted by Gasteiger charge is -2.46. The highest BCUT2D eigenvalue weighted by molar-refractivity contribution is 5.76. The fourth-order valence-corrected chi connectivity index (χ4v) is 9.45. The highest BCUT2D eigenvalue weighted by Gasteiger charge is 2.51. The summed E-state index contributed by atoms with van der Waals surface area (Å²) in [6.07, 6.45) is 38.6. The summed E-state index contributed by atoms with van der Waals surface area (Å²) in [6, 6.07) is -0.934. The summed E-state index contributed by atoms with van der Waals surface area (Å²) in [5.74, 6) is -0.254. The molecule has 73 heavy (non-hydrogen) atoms. The Hall–Kier alpha value is -2.05. The number of rotatable bonds is 46. The van der Waals surface area contributed by atoms with Gasteiger partial charge < -0.3 is 65.1 Å². The van der Waals surface area contributed by atoms with Crippen LogP contribution in [0.15, 0.2) is 48.6 Å². The molecule has 0 spiro atoms. The van der Waals surface area contributed by atoms with Crippen LogP contribution in [0, 0.1) is 0 Å². The van der Waals surface area contributed by atoms with Crippen molar-refractivity contribution in [3.8, 4) is 0 Å². The standard InChI is InChI=1S/C59H107NO13/c1-3-5-7-9-11-13-15-17-19-21-23-24-25-27-29-31-33-35-37-39-41-43-51(64)60-47(48(63)42-40-38-36-34-32-30-28-26-22-20-18-16-14-12-10-8-6-4-2)46-70-58-56(69)54(67)57(50(45-62)72-58)73-59-55(68)53(66)52(65)49(44-61)71-59/h15,17,21,23,32,34,40,42,47-50,52-59,61-63,65-69H,3-14,16,18-20,22,24-31,33,35-39,41,43-46H2,1-2H3,(H,60,64)/b17-15-,23-21-,34-32+,42-40+. The van der Waals surface area contributed by atoms with E-state index in [1.807, 2.05) is 6.08 Å². The summed E-state index contributed by atoms with van der Waals surface area (Å²) in [4.78, 5) is 13.2. The van der Waals surface area contributed by atoms with Gasteiger partial charge in [0.2, 0.25) is 5.91 Å². The highest BCUT2D eigenvalue weighted by Crippen LogP contribution is 2.30. The van der Waals surface area contributed by atoms with Crippen molar-refractivity contribution in [2.45, 2.75) is 299 Å². The average molecular weight is 1040 g/mol. The SMILES string of the molecule is CCCCCCC/C=C\C/C=C\CCCCCCCCCCCC(=O)NC(COC1OC(CO)C(OC2OC(CO)C(O)C(O)C2O)C(O)C1O)C(O)/C=C/CC/C=C/CCCCCCCCCCCCCC. The molecule has 0 saturated carbocycles. The number of hydrogen-bond donors (Lipinski definition) is 9. The lowest BCUT2D eigenvalue weighted by molar-refractivity contribution is -0.359. The second-order valence-corrected chi connectivity index (χ2v) is 20.8. The monoisotopic (exact) mass is 1040 g/mol. The minimum Gasteiger partial charge on any atom is -0.394 e. The maximum absolute atomic E-state index is 13.2. The molecular weight excluding hydrogens is 931 g/mol. The third-order valence-electron chi connectivity index (χ3n) is 14.2. The van der Waals surface area contributed by atoms with Crippen molar-refractivity contribution < 1.29 is 64.6 Å². The Morgan fingerprint density at radius 2 is 0.918 bits per heavy atom. The first-order valence-electron chi connectivity index (χ1n) is 29.4. The van der Waals surface area contributed by atoms with E-state index in [-0.39, 0.29) is 18.9 Å². The fraction of sp³-hybridized carbons (Fsp3) is 0.847. The normalized spacial score (nSPS) is 25.7. The van der Waals surface area contributed by atoms with Crippen LogP contribution in [0.2, 0.25) is 0 Å². The highest BCUT2D eigenvalue weighted by atomic mass is 16.7. The van der Waals surface area contributed by atoms with Crippen LogP contribution < -0.4 is 5.32 Å². The Bertz CT molecular complexity index is 1410. The molecule has 2 saturated heterocycles. The lowest BCUT2D eigenvalue weighted by atomic mass is 9.97. The van der Waals surface area contributed by atoms with E-state index in [4.69, 9.17) is 18.9 Å². The Morgan fingerprint density at radius 1 is 0.493 bits per heavy atom. The van der Waals surface area contributed by atoms with E-state index in [0.29, 0.717) is 12.8 Å². The van der Waals surface area contributed by atoms with E-state index >= 15 is 0 Å². The lowest BCUT2D eigenvalue weighted by Crippen LogP contribution is -2.65. The molecule has 0 aromatic carbocycles. The van der Waals surface area contributed by atoms with E-state index in [9.17, 15) is 45.6 Å². The van der Waals surface area contributed by atoms with E-state index in [2.05, 4.69) is 55.6 Å². The van der Waals surface area contributed by atoms with E-state index in [1.165, 1.54) is 148 Å². The summed E-state index contributed by atoms with van der Waals surface area (Å²) in [5, 5.41) is 87.0. The maximum atomic E-state index is 13.2. The van der Waals surface area contributed by atoms with Crippen LogP contribution in [-0.4, -0.2) is 140 Å². The topological polar surface area (TPSA) is 228 Å². The van der Waals surface area contributed by atoms with Gasteiger partial charge in [-0.2, -0.15) is 0 Å². The molecular formula is C59H107NO13. The van der Waals surface area contributed by atoms with Gasteiger partial charge in [0.05, 0.1) is 32.0 Å². The molecule has 14 nitrogen and oxygen atoms in total. The Labute approximate surface area is 442 Å². The smallest absolute Gasteiger partial charge is 0.220 e. The largest absolute Gasteiger partial charge is 0.394 e. The van der Waals surface area contributed by atoms with Gasteiger partial charge in [0, 0.05) is 6.42 Å². The van der Waals surface area contributed by atoms with E-state index < -0.39 is 86.8 Å². The molecule has 14 heteroatoms. The summed E-state index contributed by atoms with van der Waals surface area (Å²) >= 11 is 0. The number of allylic oxidation sites excluding steroid dienone is 7. The van der Waals surface area contributed by atoms with Crippen molar-refractivity contribution in [3.63, 3.8) is 0 Å². The van der Waals surface area contributed by atoms with Gasteiger partial charge in [0.15, 0.2) is 12.6 Å². The third kappa shape index (κ3) is 31.1. The number of nitrogens with one attached hydrogen (secondary N) is 1. The number of aliphatic hydroxyl groups is 8. The van der Waals surface area contributed by atoms with Gasteiger partial charge in [-0.25, -0.2) is 0 Å². The summed E-state index contributed by atoms with van der Waals surface area (Å²) in [6.45, 7) is 2.77. The van der Waals surface area contributed by atoms with Crippen LogP contribution in [0.4, 0.5) is 0 Å². The Balaban J connectivity index is 1.80. The fourth-order valence-electron chi connectivity index (χ4n) is 9.45. The van der Waals surface area contributed by atoms with Crippen molar-refractivity contribution >= 4 is 5.91 Å². The van der Waals surface area contributed by atoms with Crippen LogP contribution in [0.3, 0.4) is 0 Å². The van der Waals surface area contributed by atoms with Crippen molar-refractivity contribution in [2.24, 2.45) is 0 Å². The molecule has 0 radical (unpaired) electrons. The molecule has 1 amide bonds. The second kappa shape index (κ2) is 45.0. The number of ether oxygens (including phenoxy) is 4. The van der Waals surface area contributed by atoms with Crippen LogP contribution in [0.25, 0.3) is 0 Å². The number of carbonyl (C=O) groups excluding carboxylic acids is 1. The zero-order valence-corrected chi connectivity index (χ0v) is 45.6. The van der Waals surface area contributed by atoms with Gasteiger partial charge in [-0.1, -0.05) is 204 Å². The van der Waals surface area contributed by atoms with Gasteiger partial charge in [-0.05, 0) is 64.2 Å². The van der Waals surface area contributed by atoms with E-state index in [0.717, 1.165) is 44.9 Å². The minimum atomic E-state index is -1.79. The van der Waals surface area contributed by atoms with Crippen molar-refractivity contribution in [1.82, 2.24) is 5.32 Å². The molecule has 9 N–H and O–H groups in total. The third-order valence-corrected chi connectivity index (χ3v) is 14.2. The van der Waals surface area contributed by atoms with Gasteiger partial charge >= 0.3 is 0 Å². The Morgan fingerprint density at radius 3 is 1.42 bits per heavy atom. The molecule has 2 fully saturated rings.